The smallest absolute Gasteiger partial charge is 0.231 e. The van der Waals surface area contributed by atoms with Gasteiger partial charge in [0.25, 0.3) is 0 Å². The van der Waals surface area contributed by atoms with Crippen molar-refractivity contribution in [3.63, 3.8) is 0 Å². The molecule has 0 aliphatic heterocycles. The van der Waals surface area contributed by atoms with E-state index in [0.29, 0.717) is 17.6 Å². The monoisotopic (exact) mass is 248 g/mol. The molecule has 0 aliphatic rings. The molecule has 2 rings (SSSR count). The molecule has 18 heavy (non-hydrogen) atoms. The van der Waals surface area contributed by atoms with Crippen molar-refractivity contribution in [2.75, 3.05) is 7.11 Å². The topological polar surface area (TPSA) is 87.1 Å². The lowest BCUT2D eigenvalue weighted by atomic mass is 10.1. The summed E-state index contributed by atoms with van der Waals surface area (Å²) in [6, 6.07) is 3.55. The minimum atomic E-state index is -0.0349. The van der Waals surface area contributed by atoms with E-state index in [2.05, 4.69) is 15.1 Å². The standard InChI is InChI=1S/C12H16N4O2/c1-7(8(2)13)12-15-11(16-18-12)9-4-5-10(17-3)14-6-9/h4-8H,13H2,1-3H3. The largest absolute Gasteiger partial charge is 0.481 e. The zero-order valence-corrected chi connectivity index (χ0v) is 10.6. The van der Waals surface area contributed by atoms with E-state index in [4.69, 9.17) is 15.0 Å². The minimum Gasteiger partial charge on any atom is -0.481 e. The normalized spacial score (nSPS) is 14.2. The zero-order chi connectivity index (χ0) is 13.1. The maximum absolute atomic E-state index is 5.80. The van der Waals surface area contributed by atoms with Crippen LogP contribution in [0.5, 0.6) is 5.88 Å². The molecule has 0 bridgehead atoms. The Morgan fingerprint density at radius 2 is 2.11 bits per heavy atom. The highest BCUT2D eigenvalue weighted by atomic mass is 16.5. The Labute approximate surface area is 105 Å². The summed E-state index contributed by atoms with van der Waals surface area (Å²) in [5.74, 6) is 1.62. The third kappa shape index (κ3) is 2.48. The Morgan fingerprint density at radius 1 is 1.33 bits per heavy atom. The Morgan fingerprint density at radius 3 is 2.67 bits per heavy atom. The number of rotatable bonds is 4. The van der Waals surface area contributed by atoms with Gasteiger partial charge in [-0.15, -0.1) is 0 Å². The molecule has 2 heterocycles. The van der Waals surface area contributed by atoms with Crippen molar-refractivity contribution >= 4 is 0 Å². The first kappa shape index (κ1) is 12.5. The van der Waals surface area contributed by atoms with Crippen molar-refractivity contribution in [3.8, 4) is 17.3 Å². The second kappa shape index (κ2) is 5.14. The molecular formula is C12H16N4O2. The van der Waals surface area contributed by atoms with E-state index in [9.17, 15) is 0 Å². The SMILES string of the molecule is COc1ccc(-c2noc(C(C)C(C)N)n2)cn1. The molecule has 0 aromatic carbocycles. The molecule has 6 nitrogen and oxygen atoms in total. The highest BCUT2D eigenvalue weighted by Gasteiger charge is 2.18. The van der Waals surface area contributed by atoms with E-state index in [1.807, 2.05) is 19.9 Å². The van der Waals surface area contributed by atoms with Gasteiger partial charge in [0.15, 0.2) is 0 Å². The van der Waals surface area contributed by atoms with E-state index in [1.54, 1.807) is 19.4 Å². The van der Waals surface area contributed by atoms with Gasteiger partial charge in [-0.3, -0.25) is 0 Å². The summed E-state index contributed by atoms with van der Waals surface area (Å²) in [5, 5.41) is 3.92. The Hall–Kier alpha value is -1.95. The van der Waals surface area contributed by atoms with Gasteiger partial charge in [0.05, 0.1) is 13.0 Å². The first-order valence-electron chi connectivity index (χ1n) is 5.71. The molecule has 0 aliphatic carbocycles. The van der Waals surface area contributed by atoms with Crippen LogP contribution in [0.15, 0.2) is 22.9 Å². The van der Waals surface area contributed by atoms with Crippen molar-refractivity contribution in [2.45, 2.75) is 25.8 Å². The summed E-state index contributed by atoms with van der Waals surface area (Å²) in [7, 11) is 1.57. The summed E-state index contributed by atoms with van der Waals surface area (Å²) < 4.78 is 10.2. The Balaban J connectivity index is 2.23. The van der Waals surface area contributed by atoms with Gasteiger partial charge in [-0.25, -0.2) is 4.98 Å². The molecule has 2 atom stereocenters. The second-order valence-electron chi connectivity index (χ2n) is 4.19. The van der Waals surface area contributed by atoms with Crippen LogP contribution >= 0.6 is 0 Å². The van der Waals surface area contributed by atoms with Crippen molar-refractivity contribution < 1.29 is 9.26 Å². The van der Waals surface area contributed by atoms with Crippen LogP contribution in [0.4, 0.5) is 0 Å². The minimum absolute atomic E-state index is 0.0254. The molecule has 0 saturated carbocycles. The Kier molecular flexibility index (Phi) is 3.57. The molecule has 0 spiro atoms. The molecule has 0 amide bonds. The molecule has 6 heteroatoms. The molecule has 0 radical (unpaired) electrons. The van der Waals surface area contributed by atoms with Gasteiger partial charge < -0.3 is 15.0 Å². The number of pyridine rings is 1. The number of methoxy groups -OCH3 is 1. The summed E-state index contributed by atoms with van der Waals surface area (Å²) >= 11 is 0. The lowest BCUT2D eigenvalue weighted by molar-refractivity contribution is 0.346. The van der Waals surface area contributed by atoms with Crippen LogP contribution in [0.3, 0.4) is 0 Å². The molecule has 0 saturated heterocycles. The van der Waals surface area contributed by atoms with Gasteiger partial charge in [-0.2, -0.15) is 4.98 Å². The fourth-order valence-electron chi connectivity index (χ4n) is 1.40. The summed E-state index contributed by atoms with van der Waals surface area (Å²) in [6.45, 7) is 3.86. The quantitative estimate of drug-likeness (QED) is 0.884. The highest BCUT2D eigenvalue weighted by molar-refractivity contribution is 5.53. The van der Waals surface area contributed by atoms with Gasteiger partial charge >= 0.3 is 0 Å². The van der Waals surface area contributed by atoms with Crippen LogP contribution in [0.25, 0.3) is 11.4 Å². The Bertz CT molecular complexity index is 507. The molecular weight excluding hydrogens is 232 g/mol. The molecule has 0 fully saturated rings. The zero-order valence-electron chi connectivity index (χ0n) is 10.6. The molecule has 2 aromatic rings. The van der Waals surface area contributed by atoms with Crippen molar-refractivity contribution in [2.24, 2.45) is 5.73 Å². The van der Waals surface area contributed by atoms with Crippen molar-refractivity contribution in [1.29, 1.82) is 0 Å². The molecule has 2 aromatic heterocycles. The summed E-state index contributed by atoms with van der Waals surface area (Å²) in [5.41, 5.74) is 6.58. The van der Waals surface area contributed by atoms with Gasteiger partial charge in [-0.1, -0.05) is 12.1 Å². The number of ether oxygens (including phenoxy) is 1. The van der Waals surface area contributed by atoms with E-state index < -0.39 is 0 Å². The van der Waals surface area contributed by atoms with Crippen LogP contribution in [0.2, 0.25) is 0 Å². The predicted octanol–water partition coefficient (Wildman–Crippen LogP) is 1.59. The lowest BCUT2D eigenvalue weighted by Crippen LogP contribution is -2.22. The van der Waals surface area contributed by atoms with Crippen LogP contribution < -0.4 is 10.5 Å². The van der Waals surface area contributed by atoms with Gasteiger partial charge in [0, 0.05) is 23.9 Å². The number of hydrogen-bond acceptors (Lipinski definition) is 6. The number of nitrogens with zero attached hydrogens (tertiary/aromatic N) is 3. The maximum atomic E-state index is 5.80. The summed E-state index contributed by atoms with van der Waals surface area (Å²) in [4.78, 5) is 8.41. The average molecular weight is 248 g/mol. The van der Waals surface area contributed by atoms with E-state index in [-0.39, 0.29) is 12.0 Å². The number of hydrogen-bond donors (Lipinski definition) is 1. The first-order chi connectivity index (χ1) is 8.61. The maximum Gasteiger partial charge on any atom is 0.231 e. The van der Waals surface area contributed by atoms with Crippen LogP contribution in [0.1, 0.15) is 25.7 Å². The fraction of sp³-hybridized carbons (Fsp3) is 0.417. The second-order valence-corrected chi connectivity index (χ2v) is 4.19. The number of aromatic nitrogens is 3. The van der Waals surface area contributed by atoms with Gasteiger partial charge in [0.1, 0.15) is 0 Å². The van der Waals surface area contributed by atoms with E-state index in [0.717, 1.165) is 5.56 Å². The van der Waals surface area contributed by atoms with E-state index >= 15 is 0 Å². The average Bonchev–Trinajstić information content (AvgIpc) is 2.87. The third-order valence-electron chi connectivity index (χ3n) is 2.82. The van der Waals surface area contributed by atoms with Crippen molar-refractivity contribution in [1.82, 2.24) is 15.1 Å². The van der Waals surface area contributed by atoms with Crippen LogP contribution in [-0.2, 0) is 0 Å². The highest BCUT2D eigenvalue weighted by Crippen LogP contribution is 2.21. The number of nitrogens with two attached hydrogens (primary N) is 1. The van der Waals surface area contributed by atoms with Gasteiger partial charge in [-0.05, 0) is 13.0 Å². The third-order valence-corrected chi connectivity index (χ3v) is 2.82. The lowest BCUT2D eigenvalue weighted by Gasteiger charge is -2.09. The fourth-order valence-corrected chi connectivity index (χ4v) is 1.40. The van der Waals surface area contributed by atoms with Crippen LogP contribution in [-0.4, -0.2) is 28.3 Å². The molecule has 2 unspecified atom stereocenters. The first-order valence-corrected chi connectivity index (χ1v) is 5.71. The van der Waals surface area contributed by atoms with Crippen LogP contribution in [0, 0.1) is 0 Å². The van der Waals surface area contributed by atoms with Crippen molar-refractivity contribution in [3.05, 3.63) is 24.2 Å². The van der Waals surface area contributed by atoms with Gasteiger partial charge in [0.2, 0.25) is 17.6 Å². The molecule has 2 N–H and O–H groups in total. The molecule has 96 valence electrons. The summed E-state index contributed by atoms with van der Waals surface area (Å²) in [6.07, 6.45) is 1.64. The van der Waals surface area contributed by atoms with E-state index in [1.165, 1.54) is 0 Å². The predicted molar refractivity (Wildman–Crippen MR) is 66.1 cm³/mol.